The number of alkyl carbamates (subject to hydrolysis) is 1. The van der Waals surface area contributed by atoms with Crippen LogP contribution in [0.2, 0.25) is 0 Å². The minimum atomic E-state index is -2.07. The lowest BCUT2D eigenvalue weighted by Gasteiger charge is -2.25. The first-order valence-corrected chi connectivity index (χ1v) is 13.3. The van der Waals surface area contributed by atoms with Gasteiger partial charge in [-0.15, -0.1) is 0 Å². The molecule has 3 rings (SSSR count). The molecule has 4 N–H and O–H groups in total. The van der Waals surface area contributed by atoms with E-state index in [4.69, 9.17) is 14.2 Å². The molecule has 2 amide bonds. The number of carbonyl (C=O) groups excluding carboxylic acids is 3. The van der Waals surface area contributed by atoms with E-state index < -0.39 is 53.5 Å². The van der Waals surface area contributed by atoms with Crippen molar-refractivity contribution in [2.75, 3.05) is 11.9 Å². The highest BCUT2D eigenvalue weighted by Crippen LogP contribution is 2.40. The summed E-state index contributed by atoms with van der Waals surface area (Å²) in [6.45, 7) is 12.0. The standard InChI is InChI=1S/C27H38N6O8/c1-14(2)10-19(34)39-11-17-21(35)22(36)27(12-28,40-17)18-9-8-16-23(29-13-30-33(16)18)32-24(37)20(15(3)4)31-25(38)41-26(5,6)7/h8-9,13-15,17,20-22,35-36H,10-11H2,1-7H3,(H,31,38)(H,29,30,32,37)/t17-,20+,21-,22-,27+/m1/s1. The molecule has 0 radical (unpaired) electrons. The minimum Gasteiger partial charge on any atom is -0.463 e. The van der Waals surface area contributed by atoms with Crippen LogP contribution in [0.1, 0.15) is 60.6 Å². The average Bonchev–Trinajstić information content (AvgIpc) is 3.40. The predicted molar refractivity (Wildman–Crippen MR) is 144 cm³/mol. The fraction of sp³-hybridized carbons (Fsp3) is 0.630. The zero-order valence-corrected chi connectivity index (χ0v) is 24.2. The van der Waals surface area contributed by atoms with Crippen LogP contribution in [0.15, 0.2) is 18.5 Å². The van der Waals surface area contributed by atoms with E-state index in [1.807, 2.05) is 19.9 Å². The first kappa shape index (κ1) is 31.7. The first-order chi connectivity index (χ1) is 19.1. The zero-order valence-electron chi connectivity index (χ0n) is 24.2. The second kappa shape index (κ2) is 12.4. The summed E-state index contributed by atoms with van der Waals surface area (Å²) in [6, 6.07) is 3.93. The van der Waals surface area contributed by atoms with Crippen LogP contribution in [0.25, 0.3) is 5.52 Å². The van der Waals surface area contributed by atoms with Gasteiger partial charge in [-0.2, -0.15) is 10.4 Å². The summed E-state index contributed by atoms with van der Waals surface area (Å²) in [5, 5.41) is 41.1. The van der Waals surface area contributed by atoms with Crippen molar-refractivity contribution in [2.24, 2.45) is 11.8 Å². The normalized spacial score (nSPS) is 23.3. The molecule has 0 bridgehead atoms. The zero-order chi connectivity index (χ0) is 30.7. The number of amides is 2. The summed E-state index contributed by atoms with van der Waals surface area (Å²) in [6.07, 6.45) is -3.90. The van der Waals surface area contributed by atoms with Crippen LogP contribution in [-0.4, -0.2) is 79.3 Å². The van der Waals surface area contributed by atoms with Gasteiger partial charge in [-0.3, -0.25) is 9.59 Å². The summed E-state index contributed by atoms with van der Waals surface area (Å²) >= 11 is 0. The molecule has 2 aromatic rings. The van der Waals surface area contributed by atoms with Crippen molar-refractivity contribution in [3.05, 3.63) is 24.2 Å². The maximum absolute atomic E-state index is 13.2. The van der Waals surface area contributed by atoms with E-state index in [-0.39, 0.29) is 41.9 Å². The number of aliphatic hydroxyl groups is 2. The fourth-order valence-electron chi connectivity index (χ4n) is 4.36. The number of hydrogen-bond acceptors (Lipinski definition) is 11. The summed E-state index contributed by atoms with van der Waals surface area (Å²) in [5.41, 5.74) is -2.52. The molecule has 0 aliphatic carbocycles. The van der Waals surface area contributed by atoms with Crippen LogP contribution >= 0.6 is 0 Å². The highest BCUT2D eigenvalue weighted by molar-refractivity contribution is 5.98. The number of esters is 1. The molecule has 0 aromatic carbocycles. The molecule has 0 unspecified atom stereocenters. The average molecular weight is 575 g/mol. The van der Waals surface area contributed by atoms with E-state index >= 15 is 0 Å². The number of nitriles is 1. The number of hydrogen-bond donors (Lipinski definition) is 4. The molecule has 14 nitrogen and oxygen atoms in total. The Kier molecular flexibility index (Phi) is 9.58. The number of fused-ring (bicyclic) bond motifs is 1. The van der Waals surface area contributed by atoms with Gasteiger partial charge in [0.05, 0.1) is 5.69 Å². The minimum absolute atomic E-state index is 0.0581. The molecule has 1 fully saturated rings. The second-order valence-electron chi connectivity index (χ2n) is 11.7. The Morgan fingerprint density at radius 1 is 1.22 bits per heavy atom. The van der Waals surface area contributed by atoms with Gasteiger partial charge in [0.1, 0.15) is 54.5 Å². The van der Waals surface area contributed by atoms with E-state index in [2.05, 4.69) is 20.7 Å². The fourth-order valence-corrected chi connectivity index (χ4v) is 4.36. The predicted octanol–water partition coefficient (Wildman–Crippen LogP) is 1.65. The van der Waals surface area contributed by atoms with Crippen molar-refractivity contribution >= 4 is 29.3 Å². The SMILES string of the molecule is CC(C)CC(=O)OC[C@H]1O[C@@](C#N)(c2ccc3c(NC(=O)[C@@H](NC(=O)OC(C)(C)C)C(C)C)ncnn23)[C@H](O)[C@@H]1O. The summed E-state index contributed by atoms with van der Waals surface area (Å²) < 4.78 is 17.6. The number of nitrogens with one attached hydrogen (secondary N) is 2. The Balaban J connectivity index is 1.86. The van der Waals surface area contributed by atoms with Crippen LogP contribution < -0.4 is 10.6 Å². The van der Waals surface area contributed by atoms with Crippen LogP contribution in [0.4, 0.5) is 10.6 Å². The van der Waals surface area contributed by atoms with Gasteiger partial charge >= 0.3 is 12.1 Å². The Bertz CT molecular complexity index is 1310. The highest BCUT2D eigenvalue weighted by Gasteiger charge is 2.57. The molecule has 1 saturated heterocycles. The smallest absolute Gasteiger partial charge is 0.408 e. The van der Waals surface area contributed by atoms with Gasteiger partial charge in [-0.05, 0) is 44.7 Å². The number of carbonyl (C=O) groups is 3. The van der Waals surface area contributed by atoms with Gasteiger partial charge in [-0.25, -0.2) is 14.3 Å². The Morgan fingerprint density at radius 2 is 1.90 bits per heavy atom. The third-order valence-electron chi connectivity index (χ3n) is 6.30. The van der Waals surface area contributed by atoms with E-state index in [1.165, 1.54) is 16.6 Å². The molecule has 2 aromatic heterocycles. The third-order valence-corrected chi connectivity index (χ3v) is 6.30. The van der Waals surface area contributed by atoms with Crippen molar-refractivity contribution in [3.63, 3.8) is 0 Å². The van der Waals surface area contributed by atoms with E-state index in [0.29, 0.717) is 0 Å². The molecule has 5 atom stereocenters. The molecule has 1 aliphatic rings. The van der Waals surface area contributed by atoms with Crippen molar-refractivity contribution in [2.45, 2.75) is 90.4 Å². The van der Waals surface area contributed by atoms with Gasteiger partial charge in [0.25, 0.3) is 0 Å². The Hall–Kier alpha value is -3.80. The summed E-state index contributed by atoms with van der Waals surface area (Å²) in [4.78, 5) is 41.6. The number of rotatable bonds is 9. The lowest BCUT2D eigenvalue weighted by molar-refractivity contribution is -0.151. The Labute approximate surface area is 238 Å². The van der Waals surface area contributed by atoms with Crippen molar-refractivity contribution < 1.29 is 38.8 Å². The number of aromatic nitrogens is 3. The van der Waals surface area contributed by atoms with Crippen molar-refractivity contribution in [3.8, 4) is 6.07 Å². The molecule has 1 aliphatic heterocycles. The molecular formula is C27H38N6O8. The molecule has 41 heavy (non-hydrogen) atoms. The monoisotopic (exact) mass is 574 g/mol. The van der Waals surface area contributed by atoms with Crippen LogP contribution in [-0.2, 0) is 29.4 Å². The van der Waals surface area contributed by atoms with E-state index in [9.17, 15) is 29.9 Å². The highest BCUT2D eigenvalue weighted by atomic mass is 16.6. The number of anilines is 1. The van der Waals surface area contributed by atoms with Crippen LogP contribution in [0.5, 0.6) is 0 Å². The first-order valence-electron chi connectivity index (χ1n) is 13.3. The summed E-state index contributed by atoms with van der Waals surface area (Å²) in [5.74, 6) is -1.25. The van der Waals surface area contributed by atoms with Crippen LogP contribution in [0, 0.1) is 23.2 Å². The maximum Gasteiger partial charge on any atom is 0.408 e. The largest absolute Gasteiger partial charge is 0.463 e. The quantitative estimate of drug-likeness (QED) is 0.318. The van der Waals surface area contributed by atoms with Gasteiger partial charge in [0.2, 0.25) is 11.5 Å². The third kappa shape index (κ3) is 7.10. The molecule has 0 spiro atoms. The molecule has 3 heterocycles. The summed E-state index contributed by atoms with van der Waals surface area (Å²) in [7, 11) is 0. The topological polar surface area (TPSA) is 197 Å². The van der Waals surface area contributed by atoms with Gasteiger partial charge in [0.15, 0.2) is 5.82 Å². The van der Waals surface area contributed by atoms with Gasteiger partial charge in [0, 0.05) is 6.42 Å². The van der Waals surface area contributed by atoms with Crippen LogP contribution in [0.3, 0.4) is 0 Å². The number of ether oxygens (including phenoxy) is 3. The lowest BCUT2D eigenvalue weighted by atomic mass is 9.92. The van der Waals surface area contributed by atoms with E-state index in [0.717, 1.165) is 6.33 Å². The lowest BCUT2D eigenvalue weighted by Crippen LogP contribution is -2.48. The molecule has 0 saturated carbocycles. The van der Waals surface area contributed by atoms with Gasteiger partial charge < -0.3 is 35.1 Å². The van der Waals surface area contributed by atoms with Crippen molar-refractivity contribution in [1.82, 2.24) is 19.9 Å². The number of nitrogens with zero attached hydrogens (tertiary/aromatic N) is 4. The van der Waals surface area contributed by atoms with Crippen molar-refractivity contribution in [1.29, 1.82) is 5.26 Å². The molecular weight excluding hydrogens is 536 g/mol. The molecule has 14 heteroatoms. The van der Waals surface area contributed by atoms with E-state index in [1.54, 1.807) is 34.6 Å². The molecule has 224 valence electrons. The van der Waals surface area contributed by atoms with Gasteiger partial charge in [-0.1, -0.05) is 27.7 Å². The maximum atomic E-state index is 13.2. The second-order valence-corrected chi connectivity index (χ2v) is 11.7. The Morgan fingerprint density at radius 3 is 2.49 bits per heavy atom. The number of aliphatic hydroxyl groups excluding tert-OH is 2.